The second-order valence-corrected chi connectivity index (χ2v) is 5.24. The molecule has 0 aromatic rings. The van der Waals surface area contributed by atoms with Gasteiger partial charge in [-0.05, 0) is 14.0 Å². The van der Waals surface area contributed by atoms with E-state index in [9.17, 15) is 4.79 Å². The molecule has 3 nitrogen and oxygen atoms in total. The van der Waals surface area contributed by atoms with Crippen LogP contribution in [0.15, 0.2) is 0 Å². The maximum absolute atomic E-state index is 11.8. The molecule has 1 heterocycles. The van der Waals surface area contributed by atoms with Gasteiger partial charge in [-0.2, -0.15) is 11.8 Å². The first-order valence-corrected chi connectivity index (χ1v) is 6.27. The van der Waals surface area contributed by atoms with Gasteiger partial charge in [0.2, 0.25) is 5.91 Å². The van der Waals surface area contributed by atoms with Crippen LogP contribution in [0, 0.1) is 0 Å². The third kappa shape index (κ3) is 4.21. The van der Waals surface area contributed by atoms with Crippen molar-refractivity contribution in [1.29, 1.82) is 0 Å². The molecule has 0 aromatic carbocycles. The molecule has 1 N–H and O–H groups in total. The highest BCUT2D eigenvalue weighted by Gasteiger charge is 2.27. The Morgan fingerprint density at radius 3 is 2.80 bits per heavy atom. The quantitative estimate of drug-likeness (QED) is 0.824. The lowest BCUT2D eigenvalue weighted by molar-refractivity contribution is -0.132. The van der Waals surface area contributed by atoms with Crippen molar-refractivity contribution in [2.24, 2.45) is 0 Å². The summed E-state index contributed by atoms with van der Waals surface area (Å²) in [5, 5.41) is 3.58. The Labute approximate surface area is 103 Å². The monoisotopic (exact) mass is 252 g/mol. The van der Waals surface area contributed by atoms with Gasteiger partial charge >= 0.3 is 0 Å². The van der Waals surface area contributed by atoms with Gasteiger partial charge < -0.3 is 10.2 Å². The standard InChI is InChI=1S/C10H20N2OS.ClH/c1-8-9(2)14-7-6-12(8)10(13)4-5-11-3;/h8-9,11H,4-7H2,1-3H3;1H. The Balaban J connectivity index is 0.00000196. The van der Waals surface area contributed by atoms with Crippen molar-refractivity contribution in [2.45, 2.75) is 31.6 Å². The van der Waals surface area contributed by atoms with Crippen LogP contribution < -0.4 is 5.32 Å². The van der Waals surface area contributed by atoms with Gasteiger partial charge in [-0.15, -0.1) is 12.4 Å². The van der Waals surface area contributed by atoms with Crippen LogP contribution in [0.25, 0.3) is 0 Å². The minimum Gasteiger partial charge on any atom is -0.338 e. The average molecular weight is 253 g/mol. The van der Waals surface area contributed by atoms with Crippen molar-refractivity contribution in [1.82, 2.24) is 10.2 Å². The number of halogens is 1. The third-order valence-electron chi connectivity index (χ3n) is 2.79. The summed E-state index contributed by atoms with van der Waals surface area (Å²) in [6.07, 6.45) is 0.623. The molecule has 1 aliphatic rings. The van der Waals surface area contributed by atoms with Crippen LogP contribution in [0.1, 0.15) is 20.3 Å². The first-order chi connectivity index (χ1) is 6.66. The van der Waals surface area contributed by atoms with Crippen LogP contribution in [0.5, 0.6) is 0 Å². The Hall–Kier alpha value is 0.0700. The normalized spacial score (nSPS) is 25.9. The number of hydrogen-bond acceptors (Lipinski definition) is 3. The Bertz CT molecular complexity index is 204. The minimum absolute atomic E-state index is 0. The van der Waals surface area contributed by atoms with Crippen LogP contribution in [-0.4, -0.2) is 48.0 Å². The van der Waals surface area contributed by atoms with Crippen molar-refractivity contribution in [3.05, 3.63) is 0 Å². The molecule has 1 amide bonds. The summed E-state index contributed by atoms with van der Waals surface area (Å²) in [5.74, 6) is 1.37. The van der Waals surface area contributed by atoms with Crippen molar-refractivity contribution < 1.29 is 4.79 Å². The molecule has 0 aromatic heterocycles. The summed E-state index contributed by atoms with van der Waals surface area (Å²) in [6, 6.07) is 0.387. The summed E-state index contributed by atoms with van der Waals surface area (Å²) in [5.41, 5.74) is 0. The number of thioether (sulfide) groups is 1. The minimum atomic E-state index is 0. The van der Waals surface area contributed by atoms with E-state index in [-0.39, 0.29) is 12.4 Å². The van der Waals surface area contributed by atoms with E-state index in [4.69, 9.17) is 0 Å². The summed E-state index contributed by atoms with van der Waals surface area (Å²) in [7, 11) is 1.88. The molecule has 5 heteroatoms. The van der Waals surface area contributed by atoms with E-state index in [1.807, 2.05) is 23.7 Å². The van der Waals surface area contributed by atoms with Crippen LogP contribution in [0.3, 0.4) is 0 Å². The SMILES string of the molecule is CNCCC(=O)N1CCSC(C)C1C.Cl. The van der Waals surface area contributed by atoms with Crippen LogP contribution >= 0.6 is 24.2 Å². The molecule has 90 valence electrons. The maximum atomic E-state index is 11.8. The van der Waals surface area contributed by atoms with Gasteiger partial charge in [0.25, 0.3) is 0 Å². The molecular weight excluding hydrogens is 232 g/mol. The Morgan fingerprint density at radius 1 is 1.53 bits per heavy atom. The molecule has 2 atom stereocenters. The Morgan fingerprint density at radius 2 is 2.20 bits per heavy atom. The summed E-state index contributed by atoms with van der Waals surface area (Å²) in [6.45, 7) is 6.04. The fraction of sp³-hybridized carbons (Fsp3) is 0.900. The van der Waals surface area contributed by atoms with Gasteiger partial charge in [-0.3, -0.25) is 4.79 Å². The zero-order valence-corrected chi connectivity index (χ0v) is 11.3. The highest BCUT2D eigenvalue weighted by atomic mass is 35.5. The highest BCUT2D eigenvalue weighted by molar-refractivity contribution is 8.00. The topological polar surface area (TPSA) is 32.3 Å². The predicted octanol–water partition coefficient (Wildman–Crippen LogP) is 1.37. The van der Waals surface area contributed by atoms with E-state index >= 15 is 0 Å². The molecule has 1 fully saturated rings. The third-order valence-corrected chi connectivity index (χ3v) is 4.13. The van der Waals surface area contributed by atoms with Crippen molar-refractivity contribution in [3.8, 4) is 0 Å². The number of carbonyl (C=O) groups is 1. The fourth-order valence-corrected chi connectivity index (χ4v) is 2.76. The number of amides is 1. The smallest absolute Gasteiger partial charge is 0.224 e. The first-order valence-electron chi connectivity index (χ1n) is 5.22. The molecule has 2 unspecified atom stereocenters. The number of nitrogens with one attached hydrogen (secondary N) is 1. The second-order valence-electron chi connectivity index (χ2n) is 3.76. The van der Waals surface area contributed by atoms with Gasteiger partial charge in [0.1, 0.15) is 0 Å². The molecule has 1 saturated heterocycles. The number of rotatable bonds is 3. The molecule has 0 saturated carbocycles. The van der Waals surface area contributed by atoms with Gasteiger partial charge in [0, 0.05) is 36.6 Å². The molecule has 15 heavy (non-hydrogen) atoms. The largest absolute Gasteiger partial charge is 0.338 e. The van der Waals surface area contributed by atoms with E-state index in [1.165, 1.54) is 0 Å². The Kier molecular flexibility index (Phi) is 7.40. The second kappa shape index (κ2) is 7.36. The van der Waals surface area contributed by atoms with Gasteiger partial charge in [0.05, 0.1) is 0 Å². The molecule has 0 aliphatic carbocycles. The van der Waals surface area contributed by atoms with E-state index < -0.39 is 0 Å². The van der Waals surface area contributed by atoms with Crippen molar-refractivity contribution in [2.75, 3.05) is 25.9 Å². The van der Waals surface area contributed by atoms with Crippen LogP contribution in [0.4, 0.5) is 0 Å². The predicted molar refractivity (Wildman–Crippen MR) is 68.9 cm³/mol. The lowest BCUT2D eigenvalue weighted by Crippen LogP contribution is -2.48. The average Bonchev–Trinajstić information content (AvgIpc) is 2.18. The molecule has 0 bridgehead atoms. The molecular formula is C10H21ClN2OS. The van der Waals surface area contributed by atoms with Crippen LogP contribution in [-0.2, 0) is 4.79 Å². The van der Waals surface area contributed by atoms with Crippen molar-refractivity contribution in [3.63, 3.8) is 0 Å². The molecule has 1 rings (SSSR count). The van der Waals surface area contributed by atoms with Gasteiger partial charge in [0.15, 0.2) is 0 Å². The highest BCUT2D eigenvalue weighted by Crippen LogP contribution is 2.24. The van der Waals surface area contributed by atoms with E-state index in [2.05, 4.69) is 19.2 Å². The van der Waals surface area contributed by atoms with E-state index in [1.54, 1.807) is 0 Å². The fourth-order valence-electron chi connectivity index (χ4n) is 1.66. The number of nitrogens with zero attached hydrogens (tertiary/aromatic N) is 1. The zero-order valence-electron chi connectivity index (χ0n) is 9.66. The van der Waals surface area contributed by atoms with E-state index in [0.29, 0.717) is 23.6 Å². The lowest BCUT2D eigenvalue weighted by atomic mass is 10.2. The van der Waals surface area contributed by atoms with Gasteiger partial charge in [-0.1, -0.05) is 6.92 Å². The summed E-state index contributed by atoms with van der Waals surface area (Å²) >= 11 is 1.96. The first kappa shape index (κ1) is 15.1. The van der Waals surface area contributed by atoms with Crippen LogP contribution in [0.2, 0.25) is 0 Å². The maximum Gasteiger partial charge on any atom is 0.224 e. The van der Waals surface area contributed by atoms with Gasteiger partial charge in [-0.25, -0.2) is 0 Å². The van der Waals surface area contributed by atoms with Crippen molar-refractivity contribution >= 4 is 30.1 Å². The molecule has 0 spiro atoms. The number of carbonyl (C=O) groups excluding carboxylic acids is 1. The molecule has 1 aliphatic heterocycles. The number of hydrogen-bond donors (Lipinski definition) is 1. The van der Waals surface area contributed by atoms with E-state index in [0.717, 1.165) is 18.8 Å². The molecule has 0 radical (unpaired) electrons. The lowest BCUT2D eigenvalue weighted by Gasteiger charge is -2.37. The zero-order chi connectivity index (χ0) is 10.6. The summed E-state index contributed by atoms with van der Waals surface area (Å²) < 4.78 is 0. The summed E-state index contributed by atoms with van der Waals surface area (Å²) in [4.78, 5) is 13.8.